The SMILES string of the molecule is CCCNc1nc(C)cc(N2CCC(C(C)O)C2)n1. The van der Waals surface area contributed by atoms with E-state index in [4.69, 9.17) is 0 Å². The predicted octanol–water partition coefficient (Wildman–Crippen LogP) is 1.81. The molecule has 0 aliphatic carbocycles. The van der Waals surface area contributed by atoms with Gasteiger partial charge in [-0.25, -0.2) is 4.98 Å². The topological polar surface area (TPSA) is 61.3 Å². The second-order valence-corrected chi connectivity index (χ2v) is 5.35. The van der Waals surface area contributed by atoms with Gasteiger partial charge in [0.05, 0.1) is 6.10 Å². The summed E-state index contributed by atoms with van der Waals surface area (Å²) in [6.07, 6.45) is 1.84. The van der Waals surface area contributed by atoms with Crippen molar-refractivity contribution in [2.45, 2.75) is 39.7 Å². The minimum absolute atomic E-state index is 0.245. The number of nitrogens with one attached hydrogen (secondary N) is 1. The van der Waals surface area contributed by atoms with E-state index in [2.05, 4.69) is 27.1 Å². The minimum atomic E-state index is -0.245. The molecule has 19 heavy (non-hydrogen) atoms. The largest absolute Gasteiger partial charge is 0.393 e. The second kappa shape index (κ2) is 6.19. The number of rotatable bonds is 5. The van der Waals surface area contributed by atoms with E-state index in [1.807, 2.05) is 19.9 Å². The number of hydrogen-bond acceptors (Lipinski definition) is 5. The van der Waals surface area contributed by atoms with Crippen molar-refractivity contribution in [1.29, 1.82) is 0 Å². The number of nitrogens with zero attached hydrogens (tertiary/aromatic N) is 3. The van der Waals surface area contributed by atoms with E-state index in [0.717, 1.165) is 44.0 Å². The maximum atomic E-state index is 9.67. The zero-order valence-corrected chi connectivity index (χ0v) is 12.1. The molecule has 0 amide bonds. The zero-order valence-electron chi connectivity index (χ0n) is 12.1. The van der Waals surface area contributed by atoms with Gasteiger partial charge in [0.2, 0.25) is 5.95 Å². The Hall–Kier alpha value is -1.36. The average Bonchev–Trinajstić information content (AvgIpc) is 2.85. The number of aliphatic hydroxyl groups excluding tert-OH is 1. The zero-order chi connectivity index (χ0) is 13.8. The quantitative estimate of drug-likeness (QED) is 0.849. The molecule has 0 saturated carbocycles. The first-order chi connectivity index (χ1) is 9.10. The highest BCUT2D eigenvalue weighted by Gasteiger charge is 2.27. The Morgan fingerprint density at radius 1 is 1.53 bits per heavy atom. The van der Waals surface area contributed by atoms with Crippen molar-refractivity contribution in [1.82, 2.24) is 9.97 Å². The Balaban J connectivity index is 2.09. The van der Waals surface area contributed by atoms with Gasteiger partial charge in [0.1, 0.15) is 5.82 Å². The van der Waals surface area contributed by atoms with Crippen LogP contribution in [-0.4, -0.2) is 40.8 Å². The highest BCUT2D eigenvalue weighted by molar-refractivity contribution is 5.45. The maximum Gasteiger partial charge on any atom is 0.224 e. The fourth-order valence-electron chi connectivity index (χ4n) is 2.42. The van der Waals surface area contributed by atoms with Gasteiger partial charge < -0.3 is 15.3 Å². The Morgan fingerprint density at radius 2 is 2.32 bits per heavy atom. The van der Waals surface area contributed by atoms with Gasteiger partial charge in [-0.1, -0.05) is 6.92 Å². The van der Waals surface area contributed by atoms with Crippen LogP contribution in [0.15, 0.2) is 6.07 Å². The van der Waals surface area contributed by atoms with Crippen molar-refractivity contribution >= 4 is 11.8 Å². The van der Waals surface area contributed by atoms with Crippen molar-refractivity contribution < 1.29 is 5.11 Å². The van der Waals surface area contributed by atoms with Crippen LogP contribution in [0.3, 0.4) is 0 Å². The third-order valence-electron chi connectivity index (χ3n) is 3.60. The first-order valence-electron chi connectivity index (χ1n) is 7.12. The monoisotopic (exact) mass is 264 g/mol. The van der Waals surface area contributed by atoms with Gasteiger partial charge in [-0.15, -0.1) is 0 Å². The first kappa shape index (κ1) is 14.1. The number of aliphatic hydroxyl groups is 1. The van der Waals surface area contributed by atoms with Crippen LogP contribution in [0.1, 0.15) is 32.4 Å². The molecule has 0 spiro atoms. The summed E-state index contributed by atoms with van der Waals surface area (Å²) < 4.78 is 0. The molecule has 2 unspecified atom stereocenters. The molecule has 2 heterocycles. The van der Waals surface area contributed by atoms with Gasteiger partial charge in [0, 0.05) is 37.3 Å². The summed E-state index contributed by atoms with van der Waals surface area (Å²) in [6, 6.07) is 2.02. The molecule has 0 aromatic carbocycles. The van der Waals surface area contributed by atoms with E-state index in [1.54, 1.807) is 0 Å². The van der Waals surface area contributed by atoms with Crippen LogP contribution in [0, 0.1) is 12.8 Å². The lowest BCUT2D eigenvalue weighted by Crippen LogP contribution is -2.25. The molecule has 2 rings (SSSR count). The molecule has 106 valence electrons. The van der Waals surface area contributed by atoms with Crippen molar-refractivity contribution in [3.05, 3.63) is 11.8 Å². The van der Waals surface area contributed by atoms with Crippen LogP contribution in [0.4, 0.5) is 11.8 Å². The Kier molecular flexibility index (Phi) is 4.58. The molecule has 0 bridgehead atoms. The van der Waals surface area contributed by atoms with Crippen molar-refractivity contribution in [3.8, 4) is 0 Å². The van der Waals surface area contributed by atoms with E-state index in [9.17, 15) is 5.11 Å². The summed E-state index contributed by atoms with van der Waals surface area (Å²) >= 11 is 0. The first-order valence-corrected chi connectivity index (χ1v) is 7.12. The fraction of sp³-hybridized carbons (Fsp3) is 0.714. The minimum Gasteiger partial charge on any atom is -0.393 e. The summed E-state index contributed by atoms with van der Waals surface area (Å²) in [6.45, 7) is 8.70. The molecule has 1 aliphatic rings. The molecule has 1 aliphatic heterocycles. The predicted molar refractivity (Wildman–Crippen MR) is 77.6 cm³/mol. The van der Waals surface area contributed by atoms with Gasteiger partial charge in [0.15, 0.2) is 0 Å². The Bertz CT molecular complexity index is 422. The summed E-state index contributed by atoms with van der Waals surface area (Å²) in [5.41, 5.74) is 0.976. The normalized spacial score (nSPS) is 20.6. The molecule has 1 saturated heterocycles. The number of hydrogen-bond donors (Lipinski definition) is 2. The highest BCUT2D eigenvalue weighted by Crippen LogP contribution is 2.25. The molecular formula is C14H24N4O. The van der Waals surface area contributed by atoms with Gasteiger partial charge in [-0.05, 0) is 26.7 Å². The highest BCUT2D eigenvalue weighted by atomic mass is 16.3. The summed E-state index contributed by atoms with van der Waals surface area (Å²) in [5.74, 6) is 2.02. The standard InChI is InChI=1S/C14H24N4O/c1-4-6-15-14-16-10(2)8-13(17-14)18-7-5-12(9-18)11(3)19/h8,11-12,19H,4-7,9H2,1-3H3,(H,15,16,17). The van der Waals surface area contributed by atoms with Crippen LogP contribution >= 0.6 is 0 Å². The third-order valence-corrected chi connectivity index (χ3v) is 3.60. The second-order valence-electron chi connectivity index (χ2n) is 5.35. The molecule has 5 heteroatoms. The van der Waals surface area contributed by atoms with Crippen LogP contribution in [-0.2, 0) is 0 Å². The molecule has 0 radical (unpaired) electrons. The number of aromatic nitrogens is 2. The third kappa shape index (κ3) is 3.56. The number of anilines is 2. The molecule has 5 nitrogen and oxygen atoms in total. The van der Waals surface area contributed by atoms with Crippen molar-refractivity contribution in [3.63, 3.8) is 0 Å². The molecule has 1 aromatic rings. The van der Waals surface area contributed by atoms with Gasteiger partial charge in [0.25, 0.3) is 0 Å². The lowest BCUT2D eigenvalue weighted by molar-refractivity contribution is 0.136. The molecule has 2 N–H and O–H groups in total. The molecule has 1 aromatic heterocycles. The summed E-state index contributed by atoms with van der Waals surface area (Å²) in [5, 5.41) is 12.9. The number of aryl methyl sites for hydroxylation is 1. The molecular weight excluding hydrogens is 240 g/mol. The lowest BCUT2D eigenvalue weighted by atomic mass is 10.0. The Morgan fingerprint density at radius 3 is 2.95 bits per heavy atom. The van der Waals surface area contributed by atoms with E-state index in [0.29, 0.717) is 11.9 Å². The molecule has 2 atom stereocenters. The fourth-order valence-corrected chi connectivity index (χ4v) is 2.42. The van der Waals surface area contributed by atoms with Crippen LogP contribution in [0.2, 0.25) is 0 Å². The molecule has 1 fully saturated rings. The Labute approximate surface area is 115 Å². The van der Waals surface area contributed by atoms with Gasteiger partial charge in [-0.2, -0.15) is 4.98 Å². The van der Waals surface area contributed by atoms with E-state index in [1.165, 1.54) is 0 Å². The lowest BCUT2D eigenvalue weighted by Gasteiger charge is -2.19. The smallest absolute Gasteiger partial charge is 0.224 e. The van der Waals surface area contributed by atoms with Crippen LogP contribution in [0.5, 0.6) is 0 Å². The van der Waals surface area contributed by atoms with Crippen molar-refractivity contribution in [2.24, 2.45) is 5.92 Å². The van der Waals surface area contributed by atoms with Crippen LogP contribution in [0.25, 0.3) is 0 Å². The average molecular weight is 264 g/mol. The van der Waals surface area contributed by atoms with Crippen LogP contribution < -0.4 is 10.2 Å². The van der Waals surface area contributed by atoms with Gasteiger partial charge >= 0.3 is 0 Å². The maximum absolute atomic E-state index is 9.67. The van der Waals surface area contributed by atoms with E-state index in [-0.39, 0.29) is 6.10 Å². The van der Waals surface area contributed by atoms with E-state index >= 15 is 0 Å². The van der Waals surface area contributed by atoms with Gasteiger partial charge in [-0.3, -0.25) is 0 Å². The summed E-state index contributed by atoms with van der Waals surface area (Å²) in [7, 11) is 0. The summed E-state index contributed by atoms with van der Waals surface area (Å²) in [4.78, 5) is 11.2. The van der Waals surface area contributed by atoms with E-state index < -0.39 is 0 Å². The van der Waals surface area contributed by atoms with Crippen molar-refractivity contribution in [2.75, 3.05) is 29.9 Å².